The van der Waals surface area contributed by atoms with Gasteiger partial charge in [0.1, 0.15) is 11.8 Å². The molecular formula is C39H43ClN10O4. The highest BCUT2D eigenvalue weighted by Crippen LogP contribution is 2.33. The van der Waals surface area contributed by atoms with Crippen molar-refractivity contribution in [3.63, 3.8) is 0 Å². The molecule has 0 bridgehead atoms. The molecule has 8 rings (SSSR count). The van der Waals surface area contributed by atoms with Crippen LogP contribution in [0.25, 0.3) is 10.9 Å². The molecule has 3 saturated heterocycles. The highest BCUT2D eigenvalue weighted by atomic mass is 35.5. The Morgan fingerprint density at radius 3 is 2.56 bits per heavy atom. The summed E-state index contributed by atoms with van der Waals surface area (Å²) >= 11 is 6.15. The molecule has 3 aliphatic heterocycles. The number of amides is 4. The van der Waals surface area contributed by atoms with Gasteiger partial charge in [-0.05, 0) is 87.3 Å². The molecule has 4 fully saturated rings. The highest BCUT2D eigenvalue weighted by Gasteiger charge is 2.31. The van der Waals surface area contributed by atoms with Crippen molar-refractivity contribution in [2.45, 2.75) is 69.6 Å². The summed E-state index contributed by atoms with van der Waals surface area (Å²) in [6, 6.07) is 16.7. The smallest absolute Gasteiger partial charge is 0.328 e. The zero-order chi connectivity index (χ0) is 37.2. The van der Waals surface area contributed by atoms with Crippen molar-refractivity contribution in [2.75, 3.05) is 49.1 Å². The number of likely N-dealkylation sites (tertiary alicyclic amines) is 1. The molecule has 54 heavy (non-hydrogen) atoms. The van der Waals surface area contributed by atoms with Crippen LogP contribution in [0.5, 0.6) is 5.75 Å². The molecule has 4 amide bonds. The third kappa shape index (κ3) is 7.69. The molecule has 5 heterocycles. The Balaban J connectivity index is 0.778. The van der Waals surface area contributed by atoms with E-state index in [1.165, 1.54) is 0 Å². The Bertz CT molecular complexity index is 2070. The monoisotopic (exact) mass is 750 g/mol. The maximum atomic E-state index is 13.0. The molecule has 1 atom stereocenters. The van der Waals surface area contributed by atoms with Gasteiger partial charge in [-0.1, -0.05) is 17.7 Å². The molecule has 2 N–H and O–H groups in total. The van der Waals surface area contributed by atoms with Gasteiger partial charge in [0.05, 0.1) is 40.1 Å². The molecule has 0 unspecified atom stereocenters. The van der Waals surface area contributed by atoms with Crippen LogP contribution in [0.15, 0.2) is 54.7 Å². The fraction of sp³-hybridized carbons (Fsp3) is 0.462. The first-order valence-corrected chi connectivity index (χ1v) is 19.2. The molecule has 0 radical (unpaired) electrons. The first-order chi connectivity index (χ1) is 26.3. The van der Waals surface area contributed by atoms with Crippen molar-refractivity contribution < 1.29 is 19.1 Å². The number of carbonyl (C=O) groups excluding carboxylic acids is 3. The van der Waals surface area contributed by atoms with Gasteiger partial charge in [0.15, 0.2) is 11.5 Å². The van der Waals surface area contributed by atoms with Crippen LogP contribution in [0, 0.1) is 17.2 Å². The van der Waals surface area contributed by atoms with Gasteiger partial charge in [-0.2, -0.15) is 10.4 Å². The van der Waals surface area contributed by atoms with Crippen LogP contribution in [0.2, 0.25) is 5.02 Å². The second-order valence-corrected chi connectivity index (χ2v) is 15.2. The lowest BCUT2D eigenvalue weighted by Crippen LogP contribution is -2.49. The average Bonchev–Trinajstić information content (AvgIpc) is 3.84. The Hall–Kier alpha value is -5.26. The number of carbonyl (C=O) groups is 3. The van der Waals surface area contributed by atoms with Crippen LogP contribution in [0.3, 0.4) is 0 Å². The van der Waals surface area contributed by atoms with Gasteiger partial charge in [-0.15, -0.1) is 10.2 Å². The first kappa shape index (κ1) is 35.8. The lowest BCUT2D eigenvalue weighted by Gasteiger charge is -2.34. The number of benzene rings is 2. The van der Waals surface area contributed by atoms with Gasteiger partial charge >= 0.3 is 6.03 Å². The maximum Gasteiger partial charge on any atom is 0.328 e. The van der Waals surface area contributed by atoms with E-state index in [1.54, 1.807) is 29.2 Å². The van der Waals surface area contributed by atoms with Gasteiger partial charge in [-0.3, -0.25) is 24.5 Å². The van der Waals surface area contributed by atoms with Gasteiger partial charge in [0.2, 0.25) is 5.91 Å². The number of nitrogens with one attached hydrogen (secondary N) is 2. The number of imide groups is 1. The molecule has 2 aromatic heterocycles. The molecule has 1 aliphatic carbocycles. The number of piperidine rings is 1. The molecule has 14 nitrogen and oxygen atoms in total. The predicted octanol–water partition coefficient (Wildman–Crippen LogP) is 5.08. The van der Waals surface area contributed by atoms with Crippen LogP contribution in [-0.4, -0.2) is 94.1 Å². The van der Waals surface area contributed by atoms with Gasteiger partial charge in [0, 0.05) is 63.2 Å². The number of urea groups is 1. The molecule has 2 aromatic carbocycles. The Labute approximate surface area is 318 Å². The number of hydrogen-bond acceptors (Lipinski definition) is 10. The summed E-state index contributed by atoms with van der Waals surface area (Å²) in [6.45, 7) is 5.18. The zero-order valence-corrected chi connectivity index (χ0v) is 30.7. The third-order valence-corrected chi connectivity index (χ3v) is 11.6. The molecule has 1 saturated carbocycles. The van der Waals surface area contributed by atoms with Gasteiger partial charge < -0.3 is 19.9 Å². The number of rotatable bonds is 9. The minimum absolute atomic E-state index is 0.0302. The number of aromatic nitrogens is 4. The second kappa shape index (κ2) is 15.6. The number of hydrogen-bond donors (Lipinski definition) is 2. The van der Waals surface area contributed by atoms with Crippen LogP contribution in [0.1, 0.15) is 73.5 Å². The Kier molecular flexibility index (Phi) is 10.3. The van der Waals surface area contributed by atoms with E-state index in [4.69, 9.17) is 26.7 Å². The lowest BCUT2D eigenvalue weighted by atomic mass is 9.93. The van der Waals surface area contributed by atoms with E-state index in [9.17, 15) is 14.4 Å². The van der Waals surface area contributed by atoms with Crippen molar-refractivity contribution in [2.24, 2.45) is 5.92 Å². The summed E-state index contributed by atoms with van der Waals surface area (Å²) < 4.78 is 8.20. The van der Waals surface area contributed by atoms with Crippen molar-refractivity contribution >= 4 is 51.9 Å². The summed E-state index contributed by atoms with van der Waals surface area (Å²) in [5.74, 6) is 1.51. The SMILES string of the molecule is N#Cc1ccc(O[C@H]2CC[C@H](NC(=O)c3ccc(N4CC[C@@H](CN5CCC(n6ncc7c(N8CCC(=O)NC8=O)cccc76)CC5)C4)nn3)CC2)cc1Cl. The number of anilines is 2. The van der Waals surface area contributed by atoms with E-state index in [0.29, 0.717) is 34.5 Å². The fourth-order valence-corrected chi connectivity index (χ4v) is 8.54. The van der Waals surface area contributed by atoms with E-state index in [2.05, 4.69) is 47.4 Å². The highest BCUT2D eigenvalue weighted by molar-refractivity contribution is 6.31. The van der Waals surface area contributed by atoms with Crippen molar-refractivity contribution in [1.82, 2.24) is 35.5 Å². The van der Waals surface area contributed by atoms with Crippen molar-refractivity contribution in [1.29, 1.82) is 5.26 Å². The molecular weight excluding hydrogens is 708 g/mol. The second-order valence-electron chi connectivity index (χ2n) is 14.8. The third-order valence-electron chi connectivity index (χ3n) is 11.2. The molecule has 0 spiro atoms. The number of ether oxygens (including phenoxy) is 1. The summed E-state index contributed by atoms with van der Waals surface area (Å²) in [6.07, 6.45) is 8.42. The lowest BCUT2D eigenvalue weighted by molar-refractivity contribution is -0.120. The quantitative estimate of drug-likeness (QED) is 0.236. The molecule has 4 aliphatic rings. The van der Waals surface area contributed by atoms with Crippen molar-refractivity contribution in [3.8, 4) is 11.8 Å². The average molecular weight is 751 g/mol. The normalized spacial score (nSPS) is 22.6. The minimum Gasteiger partial charge on any atom is -0.490 e. The van der Waals surface area contributed by atoms with E-state index < -0.39 is 0 Å². The number of fused-ring (bicyclic) bond motifs is 1. The predicted molar refractivity (Wildman–Crippen MR) is 203 cm³/mol. The van der Waals surface area contributed by atoms with Gasteiger partial charge in [0.25, 0.3) is 5.91 Å². The summed E-state index contributed by atoms with van der Waals surface area (Å²) in [7, 11) is 0. The Morgan fingerprint density at radius 1 is 0.981 bits per heavy atom. The van der Waals surface area contributed by atoms with E-state index >= 15 is 0 Å². The van der Waals surface area contributed by atoms with E-state index in [1.807, 2.05) is 24.4 Å². The molecule has 15 heteroatoms. The van der Waals surface area contributed by atoms with Crippen LogP contribution in [0.4, 0.5) is 16.3 Å². The molecule has 4 aromatic rings. The fourth-order valence-electron chi connectivity index (χ4n) is 8.33. The number of halogens is 1. The maximum absolute atomic E-state index is 13.0. The zero-order valence-electron chi connectivity index (χ0n) is 30.0. The summed E-state index contributed by atoms with van der Waals surface area (Å²) in [4.78, 5) is 43.7. The number of nitrogens with zero attached hydrogens (tertiary/aromatic N) is 8. The van der Waals surface area contributed by atoms with Crippen molar-refractivity contribution in [3.05, 3.63) is 71.0 Å². The standard InChI is InChI=1S/C39H43ClN10O4/c40-32-20-30(7-4-26(32)21-41)54-29-8-5-27(6-9-29)43-38(52)33-10-11-36(46-45-33)48-18-12-25(24-48)23-47-16-13-28(14-17-47)50-35-3-1-2-34(31(35)22-42-50)49-19-15-37(51)44-39(49)53/h1-4,7,10-11,20,22,25,27-29H,5-6,8-9,12-19,23-24H2,(H,43,52)(H,44,51,53)/t25-,27-,29-/m0/s1. The van der Waals surface area contributed by atoms with E-state index in [0.717, 1.165) is 100 Å². The summed E-state index contributed by atoms with van der Waals surface area (Å²) in [5, 5.41) is 29.4. The largest absolute Gasteiger partial charge is 0.490 e. The van der Waals surface area contributed by atoms with Crippen LogP contribution < -0.4 is 25.2 Å². The van der Waals surface area contributed by atoms with Crippen LogP contribution >= 0.6 is 11.6 Å². The van der Waals surface area contributed by atoms with Crippen LogP contribution in [-0.2, 0) is 4.79 Å². The topological polar surface area (TPSA) is 162 Å². The first-order valence-electron chi connectivity index (χ1n) is 18.9. The summed E-state index contributed by atoms with van der Waals surface area (Å²) in [5.41, 5.74) is 2.53. The van der Waals surface area contributed by atoms with E-state index in [-0.39, 0.29) is 42.5 Å². The molecule has 280 valence electrons. The minimum atomic E-state index is -0.386. The Morgan fingerprint density at radius 2 is 1.81 bits per heavy atom. The number of nitriles is 1. The van der Waals surface area contributed by atoms with Gasteiger partial charge in [-0.25, -0.2) is 4.79 Å².